The molecule has 0 saturated carbocycles. The molecule has 2 aromatic heterocycles. The van der Waals surface area contributed by atoms with Crippen molar-refractivity contribution in [1.29, 1.82) is 0 Å². The van der Waals surface area contributed by atoms with Crippen LogP contribution in [0.2, 0.25) is 0 Å². The molecule has 0 aromatic carbocycles. The van der Waals surface area contributed by atoms with Crippen LogP contribution in [-0.4, -0.2) is 21.0 Å². The van der Waals surface area contributed by atoms with Crippen molar-refractivity contribution in [3.8, 4) is 0 Å². The van der Waals surface area contributed by atoms with Gasteiger partial charge in [-0.1, -0.05) is 0 Å². The molecule has 0 saturated heterocycles. The van der Waals surface area contributed by atoms with Crippen molar-refractivity contribution in [2.75, 3.05) is 0 Å². The maximum atomic E-state index is 10.7. The predicted octanol–water partition coefficient (Wildman–Crippen LogP) is 1.29. The van der Waals surface area contributed by atoms with Gasteiger partial charge < -0.3 is 14.5 Å². The summed E-state index contributed by atoms with van der Waals surface area (Å²) in [4.78, 5) is 17.2. The zero-order chi connectivity index (χ0) is 9.97. The number of hydrogen-bond acceptors (Lipinski definition) is 3. The minimum absolute atomic E-state index is 0.0430. The maximum Gasteiger partial charge on any atom is 0.356 e. The van der Waals surface area contributed by atoms with E-state index < -0.39 is 5.97 Å². The molecule has 5 nitrogen and oxygen atoms in total. The van der Waals surface area contributed by atoms with Gasteiger partial charge in [0.05, 0.1) is 18.3 Å². The molecule has 0 radical (unpaired) electrons. The number of aromatic carboxylic acids is 1. The van der Waals surface area contributed by atoms with Gasteiger partial charge in [-0.25, -0.2) is 9.78 Å². The Bertz CT molecular complexity index is 431. The number of aromatic amines is 1. The average molecular weight is 192 g/mol. The van der Waals surface area contributed by atoms with E-state index in [2.05, 4.69) is 9.97 Å². The van der Waals surface area contributed by atoms with Crippen molar-refractivity contribution in [2.45, 2.75) is 6.42 Å². The van der Waals surface area contributed by atoms with Crippen LogP contribution in [0.15, 0.2) is 29.1 Å². The van der Waals surface area contributed by atoms with Gasteiger partial charge in [-0.15, -0.1) is 0 Å². The highest BCUT2D eigenvalue weighted by Crippen LogP contribution is 2.10. The van der Waals surface area contributed by atoms with Crippen molar-refractivity contribution in [2.24, 2.45) is 0 Å². The molecule has 0 spiro atoms. The summed E-state index contributed by atoms with van der Waals surface area (Å²) in [5.74, 6) is -0.329. The van der Waals surface area contributed by atoms with Gasteiger partial charge in [0.15, 0.2) is 5.69 Å². The third-order valence-corrected chi connectivity index (χ3v) is 1.85. The lowest BCUT2D eigenvalue weighted by Crippen LogP contribution is -2.02. The fourth-order valence-electron chi connectivity index (χ4n) is 1.23. The number of H-pyrrole nitrogens is 1. The Balaban J connectivity index is 2.25. The van der Waals surface area contributed by atoms with Crippen LogP contribution in [0.1, 0.15) is 21.9 Å². The number of nitrogens with zero attached hydrogens (tertiary/aromatic N) is 1. The van der Waals surface area contributed by atoms with Crippen molar-refractivity contribution in [3.05, 3.63) is 41.9 Å². The third kappa shape index (κ3) is 1.52. The first-order valence-electron chi connectivity index (χ1n) is 4.05. The second-order valence-corrected chi connectivity index (χ2v) is 2.79. The highest BCUT2D eigenvalue weighted by atomic mass is 16.4. The van der Waals surface area contributed by atoms with Crippen molar-refractivity contribution in [1.82, 2.24) is 9.97 Å². The number of furan rings is 1. The third-order valence-electron chi connectivity index (χ3n) is 1.85. The summed E-state index contributed by atoms with van der Waals surface area (Å²) in [7, 11) is 0. The number of carbonyl (C=O) groups is 1. The van der Waals surface area contributed by atoms with Crippen molar-refractivity contribution in [3.63, 3.8) is 0 Å². The monoisotopic (exact) mass is 192 g/mol. The summed E-state index contributed by atoms with van der Waals surface area (Å²) in [6.45, 7) is 0. The molecule has 5 heteroatoms. The fourth-order valence-corrected chi connectivity index (χ4v) is 1.23. The van der Waals surface area contributed by atoms with E-state index >= 15 is 0 Å². The van der Waals surface area contributed by atoms with Crippen LogP contribution in [0, 0.1) is 0 Å². The number of aromatic nitrogens is 2. The molecular formula is C9H8N2O3. The van der Waals surface area contributed by atoms with Gasteiger partial charge in [-0.3, -0.25) is 0 Å². The first-order chi connectivity index (χ1) is 6.77. The van der Waals surface area contributed by atoms with E-state index in [1.165, 1.54) is 6.33 Å². The molecular weight excluding hydrogens is 184 g/mol. The summed E-state index contributed by atoms with van der Waals surface area (Å²) in [6.07, 6.45) is 3.32. The van der Waals surface area contributed by atoms with E-state index in [9.17, 15) is 4.79 Å². The summed E-state index contributed by atoms with van der Waals surface area (Å²) in [5, 5.41) is 8.77. The molecule has 2 rings (SSSR count). The number of carboxylic acids is 1. The Labute approximate surface area is 79.4 Å². The normalized spacial score (nSPS) is 10.3. The Hall–Kier alpha value is -2.04. The highest BCUT2D eigenvalue weighted by Gasteiger charge is 2.13. The zero-order valence-electron chi connectivity index (χ0n) is 7.23. The molecule has 72 valence electrons. The average Bonchev–Trinajstić information content (AvgIpc) is 2.75. The van der Waals surface area contributed by atoms with Crippen molar-refractivity contribution < 1.29 is 14.3 Å². The van der Waals surface area contributed by atoms with Gasteiger partial charge in [0.1, 0.15) is 5.76 Å². The van der Waals surface area contributed by atoms with Crippen LogP contribution in [0.25, 0.3) is 0 Å². The van der Waals surface area contributed by atoms with Gasteiger partial charge >= 0.3 is 5.97 Å². The maximum absolute atomic E-state index is 10.7. The topological polar surface area (TPSA) is 79.1 Å². The quantitative estimate of drug-likeness (QED) is 0.767. The van der Waals surface area contributed by atoms with Crippen LogP contribution >= 0.6 is 0 Å². The van der Waals surface area contributed by atoms with E-state index in [1.807, 2.05) is 0 Å². The summed E-state index contributed by atoms with van der Waals surface area (Å²) < 4.78 is 5.10. The largest absolute Gasteiger partial charge is 0.476 e. The number of hydrogen-bond donors (Lipinski definition) is 2. The first-order valence-corrected chi connectivity index (χ1v) is 4.05. The van der Waals surface area contributed by atoms with Gasteiger partial charge in [0.25, 0.3) is 0 Å². The number of carboxylic acid groups (broad SMARTS) is 1. The second kappa shape index (κ2) is 3.37. The Kier molecular flexibility index (Phi) is 2.06. The van der Waals surface area contributed by atoms with Crippen LogP contribution < -0.4 is 0 Å². The molecule has 14 heavy (non-hydrogen) atoms. The smallest absolute Gasteiger partial charge is 0.356 e. The lowest BCUT2D eigenvalue weighted by Gasteiger charge is -1.95. The molecule has 2 aromatic rings. The summed E-state index contributed by atoms with van der Waals surface area (Å²) in [6, 6.07) is 3.54. The molecule has 2 heterocycles. The molecule has 0 bridgehead atoms. The molecule has 0 aliphatic heterocycles. The van der Waals surface area contributed by atoms with E-state index in [0.717, 1.165) is 0 Å². The van der Waals surface area contributed by atoms with Gasteiger partial charge in [-0.2, -0.15) is 0 Å². The minimum Gasteiger partial charge on any atom is -0.476 e. The Morgan fingerprint density at radius 3 is 3.14 bits per heavy atom. The van der Waals surface area contributed by atoms with Crippen LogP contribution in [0.4, 0.5) is 0 Å². The second-order valence-electron chi connectivity index (χ2n) is 2.79. The van der Waals surface area contributed by atoms with Crippen LogP contribution in [0.3, 0.4) is 0 Å². The highest BCUT2D eigenvalue weighted by molar-refractivity contribution is 5.86. The zero-order valence-corrected chi connectivity index (χ0v) is 7.23. The number of nitrogens with one attached hydrogen (secondary N) is 1. The van der Waals surface area contributed by atoms with Crippen LogP contribution in [0.5, 0.6) is 0 Å². The number of imidazole rings is 1. The van der Waals surface area contributed by atoms with Crippen LogP contribution in [-0.2, 0) is 6.42 Å². The predicted molar refractivity (Wildman–Crippen MR) is 47.1 cm³/mol. The lowest BCUT2D eigenvalue weighted by molar-refractivity contribution is 0.0690. The van der Waals surface area contributed by atoms with Gasteiger partial charge in [0.2, 0.25) is 0 Å². The Morgan fingerprint density at radius 1 is 1.64 bits per heavy atom. The van der Waals surface area contributed by atoms with E-state index in [-0.39, 0.29) is 5.69 Å². The lowest BCUT2D eigenvalue weighted by atomic mass is 10.2. The molecule has 0 aliphatic carbocycles. The molecule has 0 amide bonds. The van der Waals surface area contributed by atoms with Gasteiger partial charge in [0, 0.05) is 6.42 Å². The van der Waals surface area contributed by atoms with Gasteiger partial charge in [-0.05, 0) is 12.1 Å². The standard InChI is InChI=1S/C9H8N2O3/c12-9(13)8-7(10-5-11-8)4-6-2-1-3-14-6/h1-3,5H,4H2,(H,10,11)(H,12,13). The molecule has 0 aliphatic rings. The minimum atomic E-state index is -1.03. The summed E-state index contributed by atoms with van der Waals surface area (Å²) in [5.41, 5.74) is 0.592. The molecule has 0 fully saturated rings. The molecule has 0 unspecified atom stereocenters. The fraction of sp³-hybridized carbons (Fsp3) is 0.111. The SMILES string of the molecule is O=C(O)c1nc[nH]c1Cc1ccco1. The molecule has 0 atom stereocenters. The van der Waals surface area contributed by atoms with Crippen molar-refractivity contribution >= 4 is 5.97 Å². The molecule has 2 N–H and O–H groups in total. The van der Waals surface area contributed by atoms with E-state index in [1.54, 1.807) is 18.4 Å². The Morgan fingerprint density at radius 2 is 2.50 bits per heavy atom. The van der Waals surface area contributed by atoms with E-state index in [4.69, 9.17) is 9.52 Å². The van der Waals surface area contributed by atoms with E-state index in [0.29, 0.717) is 17.9 Å². The number of rotatable bonds is 3. The summed E-state index contributed by atoms with van der Waals surface area (Å²) >= 11 is 0. The first kappa shape index (κ1) is 8.55.